The van der Waals surface area contributed by atoms with Crippen LogP contribution in [0.1, 0.15) is 6.42 Å². The van der Waals surface area contributed by atoms with Gasteiger partial charge in [-0.2, -0.15) is 4.98 Å². The lowest BCUT2D eigenvalue weighted by Crippen LogP contribution is -2.53. The zero-order chi connectivity index (χ0) is 15.0. The smallest absolute Gasteiger partial charge is 0.280 e. The number of nitrogens with one attached hydrogen (secondary N) is 2. The molecule has 2 aromatic heterocycles. The molecule has 0 aromatic carbocycles. The molecule has 1 fully saturated rings. The minimum atomic E-state index is -2.86. The summed E-state index contributed by atoms with van der Waals surface area (Å²) in [5.41, 5.74) is 0.502. The van der Waals surface area contributed by atoms with Crippen LogP contribution in [0.2, 0.25) is 5.02 Å². The molecule has 2 N–H and O–H groups in total. The van der Waals surface area contributed by atoms with Crippen molar-refractivity contribution in [2.24, 2.45) is 0 Å². The summed E-state index contributed by atoms with van der Waals surface area (Å²) in [6, 6.07) is 0.615. The van der Waals surface area contributed by atoms with Gasteiger partial charge in [-0.1, -0.05) is 11.6 Å². The molecule has 0 aliphatic carbocycles. The second-order valence-corrected chi connectivity index (χ2v) is 5.23. The molecule has 1 saturated heterocycles. The number of piperidine rings is 1. The first-order chi connectivity index (χ1) is 10.0. The minimum absolute atomic E-state index is 0.0817. The van der Waals surface area contributed by atoms with Crippen LogP contribution >= 0.6 is 11.6 Å². The highest BCUT2D eigenvalue weighted by atomic mass is 35.5. The maximum atomic E-state index is 13.8. The van der Waals surface area contributed by atoms with Crippen molar-refractivity contribution in [2.45, 2.75) is 18.4 Å². The van der Waals surface area contributed by atoms with Crippen molar-refractivity contribution >= 4 is 23.1 Å². The summed E-state index contributed by atoms with van der Waals surface area (Å²) in [5.74, 6) is -2.55. The molecule has 3 heterocycles. The number of nitrogens with zero attached hydrogens (tertiary/aromatic N) is 3. The number of anilines is 1. The highest BCUT2D eigenvalue weighted by Gasteiger charge is 2.42. The molecule has 3 rings (SSSR count). The number of halogens is 3. The molecule has 9 heteroatoms. The van der Waals surface area contributed by atoms with E-state index in [1.54, 1.807) is 12.3 Å². The van der Waals surface area contributed by atoms with Crippen LogP contribution in [0, 0.1) is 0 Å². The number of hydrogen-bond acceptors (Lipinski definition) is 5. The molecule has 0 unspecified atom stereocenters. The minimum Gasteiger partial charge on any atom is -0.479 e. The van der Waals surface area contributed by atoms with Crippen LogP contribution in [0.4, 0.5) is 14.7 Å². The molecule has 114 valence electrons. The van der Waals surface area contributed by atoms with Crippen molar-refractivity contribution in [3.63, 3.8) is 0 Å². The van der Waals surface area contributed by atoms with Crippen molar-refractivity contribution < 1.29 is 13.5 Å². The first-order valence-electron chi connectivity index (χ1n) is 6.45. The molecule has 0 saturated carbocycles. The number of methoxy groups -OCH3 is 1. The van der Waals surface area contributed by atoms with Gasteiger partial charge in [0.25, 0.3) is 5.92 Å². The molecule has 21 heavy (non-hydrogen) atoms. The van der Waals surface area contributed by atoms with Crippen LogP contribution in [-0.2, 0) is 0 Å². The van der Waals surface area contributed by atoms with E-state index >= 15 is 0 Å². The van der Waals surface area contributed by atoms with E-state index in [1.165, 1.54) is 11.6 Å². The second-order valence-electron chi connectivity index (χ2n) is 4.82. The largest absolute Gasteiger partial charge is 0.479 e. The highest BCUT2D eigenvalue weighted by Crippen LogP contribution is 2.29. The predicted octanol–water partition coefficient (Wildman–Crippen LogP) is 1.80. The van der Waals surface area contributed by atoms with Gasteiger partial charge < -0.3 is 15.4 Å². The first-order valence-corrected chi connectivity index (χ1v) is 6.83. The van der Waals surface area contributed by atoms with E-state index in [0.717, 1.165) is 0 Å². The summed E-state index contributed by atoms with van der Waals surface area (Å²) in [4.78, 5) is 4.11. The van der Waals surface area contributed by atoms with Crippen LogP contribution < -0.4 is 15.4 Å². The van der Waals surface area contributed by atoms with Crippen LogP contribution in [0.25, 0.3) is 5.52 Å². The predicted molar refractivity (Wildman–Crippen MR) is 74.4 cm³/mol. The van der Waals surface area contributed by atoms with Crippen molar-refractivity contribution in [3.05, 3.63) is 17.3 Å². The molecule has 0 spiro atoms. The number of fused-ring (bicyclic) bond motifs is 1. The lowest BCUT2D eigenvalue weighted by atomic mass is 10.0. The van der Waals surface area contributed by atoms with Gasteiger partial charge in [0.1, 0.15) is 5.52 Å². The van der Waals surface area contributed by atoms with Crippen molar-refractivity contribution in [1.82, 2.24) is 19.9 Å². The third-order valence-electron chi connectivity index (χ3n) is 3.41. The normalized spacial score (nSPS) is 21.4. The fraction of sp³-hybridized carbons (Fsp3) is 0.500. The van der Waals surface area contributed by atoms with Crippen LogP contribution in [0.3, 0.4) is 0 Å². The number of rotatable bonds is 3. The van der Waals surface area contributed by atoms with Gasteiger partial charge in [0.2, 0.25) is 11.8 Å². The average Bonchev–Trinajstić information content (AvgIpc) is 2.82. The van der Waals surface area contributed by atoms with E-state index < -0.39 is 12.0 Å². The molecular formula is C12H14ClF2N5O. The molecular weight excluding hydrogens is 304 g/mol. The molecule has 0 bridgehead atoms. The standard InChI is InChI=1S/C12H14ClF2N5O/c1-21-10-9-7(13)3-5-20(9)19-11(18-10)17-8-2-4-16-6-12(8,14)15/h3,5,8,16H,2,4,6H2,1H3,(H,17,19)/t8-/m1/s1. The Labute approximate surface area is 124 Å². The molecule has 0 radical (unpaired) electrons. The molecule has 6 nitrogen and oxygen atoms in total. The van der Waals surface area contributed by atoms with Gasteiger partial charge in [-0.25, -0.2) is 13.3 Å². The van der Waals surface area contributed by atoms with E-state index in [-0.39, 0.29) is 24.8 Å². The summed E-state index contributed by atoms with van der Waals surface area (Å²) >= 11 is 6.02. The Morgan fingerprint density at radius 2 is 2.38 bits per heavy atom. The van der Waals surface area contributed by atoms with Crippen LogP contribution in [-0.4, -0.2) is 46.8 Å². The topological polar surface area (TPSA) is 63.5 Å². The van der Waals surface area contributed by atoms with Gasteiger partial charge in [0, 0.05) is 6.20 Å². The maximum Gasteiger partial charge on any atom is 0.280 e. The summed E-state index contributed by atoms with van der Waals surface area (Å²) in [6.07, 6.45) is 1.90. The second kappa shape index (κ2) is 5.27. The van der Waals surface area contributed by atoms with Gasteiger partial charge in [0.15, 0.2) is 0 Å². The van der Waals surface area contributed by atoms with Crippen molar-refractivity contribution in [3.8, 4) is 5.88 Å². The molecule has 1 atom stereocenters. The Morgan fingerprint density at radius 1 is 1.57 bits per heavy atom. The Hall–Kier alpha value is -1.67. The Balaban J connectivity index is 1.94. The van der Waals surface area contributed by atoms with Gasteiger partial charge in [-0.05, 0) is 19.0 Å². The van der Waals surface area contributed by atoms with E-state index in [9.17, 15) is 8.78 Å². The van der Waals surface area contributed by atoms with Crippen molar-refractivity contribution in [2.75, 3.05) is 25.5 Å². The van der Waals surface area contributed by atoms with E-state index in [0.29, 0.717) is 17.1 Å². The third kappa shape index (κ3) is 2.60. The quantitative estimate of drug-likeness (QED) is 0.904. The summed E-state index contributed by atoms with van der Waals surface area (Å²) < 4.78 is 34.2. The Kier molecular flexibility index (Phi) is 3.58. The SMILES string of the molecule is COc1nc(N[C@@H]2CCNCC2(F)F)nn2ccc(Cl)c12. The average molecular weight is 318 g/mol. The van der Waals surface area contributed by atoms with Gasteiger partial charge >= 0.3 is 0 Å². The van der Waals surface area contributed by atoms with Gasteiger partial charge in [-0.3, -0.25) is 0 Å². The van der Waals surface area contributed by atoms with E-state index in [1.807, 2.05) is 0 Å². The van der Waals surface area contributed by atoms with Crippen molar-refractivity contribution in [1.29, 1.82) is 0 Å². The number of hydrogen-bond donors (Lipinski definition) is 2. The summed E-state index contributed by atoms with van der Waals surface area (Å²) in [6.45, 7) is 0.154. The monoisotopic (exact) mass is 317 g/mol. The van der Waals surface area contributed by atoms with Gasteiger partial charge in [0.05, 0.1) is 24.7 Å². The molecule has 1 aliphatic rings. The maximum absolute atomic E-state index is 13.8. The first kappa shape index (κ1) is 14.3. The van der Waals surface area contributed by atoms with E-state index in [4.69, 9.17) is 16.3 Å². The molecule has 1 aliphatic heterocycles. The van der Waals surface area contributed by atoms with Crippen LogP contribution in [0.15, 0.2) is 12.3 Å². The van der Waals surface area contributed by atoms with Gasteiger partial charge in [-0.15, -0.1) is 5.10 Å². The highest BCUT2D eigenvalue weighted by molar-refractivity contribution is 6.34. The fourth-order valence-corrected chi connectivity index (χ4v) is 2.55. The third-order valence-corrected chi connectivity index (χ3v) is 3.71. The Bertz CT molecular complexity index is 662. The van der Waals surface area contributed by atoms with Crippen LogP contribution in [0.5, 0.6) is 5.88 Å². The summed E-state index contributed by atoms with van der Waals surface area (Å²) in [7, 11) is 1.44. The number of aromatic nitrogens is 3. The van der Waals surface area contributed by atoms with E-state index in [2.05, 4.69) is 20.7 Å². The summed E-state index contributed by atoms with van der Waals surface area (Å²) in [5, 5.41) is 9.94. The zero-order valence-electron chi connectivity index (χ0n) is 11.2. The molecule has 2 aromatic rings. The lowest BCUT2D eigenvalue weighted by molar-refractivity contribution is -0.0324. The zero-order valence-corrected chi connectivity index (χ0v) is 12.0. The number of alkyl halides is 2. The Morgan fingerprint density at radius 3 is 3.10 bits per heavy atom. The fourth-order valence-electron chi connectivity index (χ4n) is 2.33. The number of ether oxygens (including phenoxy) is 1. The lowest BCUT2D eigenvalue weighted by Gasteiger charge is -2.32. The molecule has 0 amide bonds.